The molecule has 3 aliphatic rings. The van der Waals surface area contributed by atoms with Gasteiger partial charge in [0.15, 0.2) is 6.10 Å². The lowest BCUT2D eigenvalue weighted by atomic mass is 9.86. The van der Waals surface area contributed by atoms with Gasteiger partial charge in [0, 0.05) is 12.8 Å². The Morgan fingerprint density at radius 3 is 2.27 bits per heavy atom. The Morgan fingerprint density at radius 1 is 1.15 bits per heavy atom. The van der Waals surface area contributed by atoms with E-state index in [2.05, 4.69) is 0 Å². The van der Waals surface area contributed by atoms with Crippen LogP contribution < -0.4 is 0 Å². The van der Waals surface area contributed by atoms with Gasteiger partial charge in [0.25, 0.3) is 6.29 Å². The zero-order valence-corrected chi connectivity index (χ0v) is 16.1. The zero-order chi connectivity index (χ0) is 19.1. The maximum absolute atomic E-state index is 12.2. The van der Waals surface area contributed by atoms with Gasteiger partial charge < -0.3 is 18.9 Å². The summed E-state index contributed by atoms with van der Waals surface area (Å²) in [6.45, 7) is 10.3. The van der Waals surface area contributed by atoms with Crippen molar-refractivity contribution in [3.8, 4) is 0 Å². The SMILES string of the molecule is CC1=CO[C@@H](OC(=O)CC(C)C)[C@H]2C1=C[C@H](OC(=O)CC(C)C)[C@]21CO1. The van der Waals surface area contributed by atoms with Gasteiger partial charge in [-0.1, -0.05) is 27.7 Å². The third-order valence-electron chi connectivity index (χ3n) is 4.91. The quantitative estimate of drug-likeness (QED) is 0.532. The molecule has 6 nitrogen and oxygen atoms in total. The molecule has 2 aliphatic heterocycles. The minimum absolute atomic E-state index is 0.206. The second-order valence-corrected chi connectivity index (χ2v) is 8.24. The van der Waals surface area contributed by atoms with Gasteiger partial charge in [0.05, 0.1) is 18.8 Å². The van der Waals surface area contributed by atoms with Crippen molar-refractivity contribution in [3.05, 3.63) is 23.5 Å². The van der Waals surface area contributed by atoms with Crippen LogP contribution in [0.15, 0.2) is 23.5 Å². The summed E-state index contributed by atoms with van der Waals surface area (Å²) in [7, 11) is 0. The Labute approximate surface area is 154 Å². The van der Waals surface area contributed by atoms with E-state index in [9.17, 15) is 9.59 Å². The Hall–Kier alpha value is -1.82. The predicted molar refractivity (Wildman–Crippen MR) is 93.8 cm³/mol. The van der Waals surface area contributed by atoms with Crippen molar-refractivity contribution < 1.29 is 28.5 Å². The fourth-order valence-corrected chi connectivity index (χ4v) is 3.61. The number of hydrogen-bond donors (Lipinski definition) is 0. The Morgan fingerprint density at radius 2 is 1.73 bits per heavy atom. The molecule has 0 unspecified atom stereocenters. The van der Waals surface area contributed by atoms with Gasteiger partial charge in [-0.25, -0.2) is 0 Å². The van der Waals surface area contributed by atoms with Crippen molar-refractivity contribution in [1.82, 2.24) is 0 Å². The molecule has 1 spiro atoms. The molecule has 26 heavy (non-hydrogen) atoms. The molecule has 0 aromatic carbocycles. The van der Waals surface area contributed by atoms with Crippen LogP contribution >= 0.6 is 0 Å². The third-order valence-corrected chi connectivity index (χ3v) is 4.91. The summed E-state index contributed by atoms with van der Waals surface area (Å²) in [4.78, 5) is 24.3. The average molecular weight is 364 g/mol. The van der Waals surface area contributed by atoms with E-state index >= 15 is 0 Å². The van der Waals surface area contributed by atoms with Crippen molar-refractivity contribution in [2.45, 2.75) is 65.5 Å². The number of hydrogen-bond acceptors (Lipinski definition) is 6. The minimum atomic E-state index is -0.757. The normalized spacial score (nSPS) is 32.0. The van der Waals surface area contributed by atoms with Crippen molar-refractivity contribution in [3.63, 3.8) is 0 Å². The van der Waals surface area contributed by atoms with Crippen LogP contribution in [0.3, 0.4) is 0 Å². The topological polar surface area (TPSA) is 74.4 Å². The first-order valence-electron chi connectivity index (χ1n) is 9.30. The van der Waals surface area contributed by atoms with E-state index in [1.54, 1.807) is 6.26 Å². The maximum atomic E-state index is 12.2. The molecule has 1 saturated heterocycles. The van der Waals surface area contributed by atoms with E-state index in [-0.39, 0.29) is 29.7 Å². The summed E-state index contributed by atoms with van der Waals surface area (Å²) >= 11 is 0. The van der Waals surface area contributed by atoms with E-state index in [0.717, 1.165) is 11.1 Å². The summed E-state index contributed by atoms with van der Waals surface area (Å²) < 4.78 is 22.7. The van der Waals surface area contributed by atoms with Crippen molar-refractivity contribution in [2.75, 3.05) is 6.61 Å². The zero-order valence-electron chi connectivity index (χ0n) is 16.1. The van der Waals surface area contributed by atoms with Crippen LogP contribution in [0.25, 0.3) is 0 Å². The smallest absolute Gasteiger partial charge is 0.309 e. The molecule has 0 aromatic rings. The molecule has 3 rings (SSSR count). The van der Waals surface area contributed by atoms with Crippen LogP contribution in [0.4, 0.5) is 0 Å². The highest BCUT2D eigenvalue weighted by Crippen LogP contribution is 2.54. The van der Waals surface area contributed by atoms with E-state index < -0.39 is 18.0 Å². The molecule has 4 atom stereocenters. The molecule has 6 heteroatoms. The molecule has 144 valence electrons. The third kappa shape index (κ3) is 3.65. The Balaban J connectivity index is 1.77. The first kappa shape index (κ1) is 19.0. The van der Waals surface area contributed by atoms with Crippen LogP contribution in [0.2, 0.25) is 0 Å². The summed E-state index contributed by atoms with van der Waals surface area (Å²) in [6, 6.07) is 0. The lowest BCUT2D eigenvalue weighted by Gasteiger charge is -2.33. The van der Waals surface area contributed by atoms with Crippen molar-refractivity contribution in [1.29, 1.82) is 0 Å². The highest BCUT2D eigenvalue weighted by Gasteiger charge is 2.67. The number of rotatable bonds is 6. The number of allylic oxidation sites excluding steroid dienone is 1. The van der Waals surface area contributed by atoms with Gasteiger partial charge in [-0.15, -0.1) is 0 Å². The summed E-state index contributed by atoms with van der Waals surface area (Å²) in [5.74, 6) is -0.387. The van der Waals surface area contributed by atoms with Crippen molar-refractivity contribution >= 4 is 11.9 Å². The molecule has 0 amide bonds. The molecular weight excluding hydrogens is 336 g/mol. The Bertz CT molecular complexity index is 641. The van der Waals surface area contributed by atoms with Crippen LogP contribution in [0.1, 0.15) is 47.5 Å². The van der Waals surface area contributed by atoms with E-state index in [4.69, 9.17) is 18.9 Å². The molecule has 1 aliphatic carbocycles. The van der Waals surface area contributed by atoms with Crippen LogP contribution in [-0.4, -0.2) is 36.5 Å². The lowest BCUT2D eigenvalue weighted by Crippen LogP contribution is -2.44. The molecule has 0 saturated carbocycles. The maximum Gasteiger partial charge on any atom is 0.309 e. The number of ether oxygens (including phenoxy) is 4. The van der Waals surface area contributed by atoms with Crippen LogP contribution in [-0.2, 0) is 28.5 Å². The lowest BCUT2D eigenvalue weighted by molar-refractivity contribution is -0.186. The van der Waals surface area contributed by atoms with Gasteiger partial charge in [0.2, 0.25) is 0 Å². The van der Waals surface area contributed by atoms with Gasteiger partial charge >= 0.3 is 11.9 Å². The monoisotopic (exact) mass is 364 g/mol. The Kier molecular flexibility index (Phi) is 5.15. The van der Waals surface area contributed by atoms with E-state index in [1.807, 2.05) is 40.7 Å². The van der Waals surface area contributed by atoms with Gasteiger partial charge in [-0.05, 0) is 36.0 Å². The number of carbonyl (C=O) groups is 2. The molecule has 2 heterocycles. The van der Waals surface area contributed by atoms with E-state index in [1.165, 1.54) is 0 Å². The molecule has 0 N–H and O–H groups in total. The minimum Gasteiger partial charge on any atom is -0.461 e. The summed E-state index contributed by atoms with van der Waals surface area (Å²) in [5.41, 5.74) is 1.22. The van der Waals surface area contributed by atoms with Gasteiger partial charge in [0.1, 0.15) is 5.60 Å². The van der Waals surface area contributed by atoms with Crippen molar-refractivity contribution in [2.24, 2.45) is 17.8 Å². The summed E-state index contributed by atoms with van der Waals surface area (Å²) in [5, 5.41) is 0. The standard InChI is InChI=1S/C20H28O6/c1-11(2)6-16(21)25-15-8-14-13(5)9-23-19(18(14)20(15)10-24-20)26-17(22)7-12(3)4/h8-9,11-12,15,18-19H,6-7,10H2,1-5H3/t15-,18+,19-,20+/m0/s1. The number of carbonyl (C=O) groups excluding carboxylic acids is 2. The molecular formula is C20H28O6. The molecule has 0 radical (unpaired) electrons. The fraction of sp³-hybridized carbons (Fsp3) is 0.700. The first-order valence-corrected chi connectivity index (χ1v) is 9.30. The highest BCUT2D eigenvalue weighted by molar-refractivity contribution is 5.71. The predicted octanol–water partition coefficient (Wildman–Crippen LogP) is 3.12. The molecule has 0 aromatic heterocycles. The molecule has 1 fully saturated rings. The summed E-state index contributed by atoms with van der Waals surface area (Å²) in [6.07, 6.45) is 2.98. The van der Waals surface area contributed by atoms with E-state index in [0.29, 0.717) is 19.4 Å². The van der Waals surface area contributed by atoms with Gasteiger partial charge in [-0.3, -0.25) is 9.59 Å². The number of esters is 2. The highest BCUT2D eigenvalue weighted by atomic mass is 16.7. The largest absolute Gasteiger partial charge is 0.461 e. The van der Waals surface area contributed by atoms with Crippen LogP contribution in [0, 0.1) is 17.8 Å². The average Bonchev–Trinajstić information content (AvgIpc) is 3.22. The van der Waals surface area contributed by atoms with Crippen LogP contribution in [0.5, 0.6) is 0 Å². The first-order chi connectivity index (χ1) is 12.2. The van der Waals surface area contributed by atoms with Gasteiger partial charge in [-0.2, -0.15) is 0 Å². The second kappa shape index (κ2) is 7.06. The molecule has 0 bridgehead atoms. The number of epoxide rings is 1. The second-order valence-electron chi connectivity index (χ2n) is 8.24. The number of fused-ring (bicyclic) bond motifs is 2. The fourth-order valence-electron chi connectivity index (χ4n) is 3.61.